The van der Waals surface area contributed by atoms with Crippen LogP contribution in [-0.2, 0) is 0 Å². The minimum absolute atomic E-state index is 0.153. The van der Waals surface area contributed by atoms with Crippen molar-refractivity contribution in [1.29, 1.82) is 0 Å². The largest absolute Gasteiger partial charge is 0.484 e. The molecular formula is C18H17FN2O5. The average molecular weight is 360 g/mol. The molecule has 0 fully saturated rings. The van der Waals surface area contributed by atoms with Crippen LogP contribution in [0.15, 0.2) is 42.5 Å². The molecule has 26 heavy (non-hydrogen) atoms. The summed E-state index contributed by atoms with van der Waals surface area (Å²) in [6.07, 6.45) is -1.10. The maximum absolute atomic E-state index is 13.0. The lowest BCUT2D eigenvalue weighted by molar-refractivity contribution is -0.385. The summed E-state index contributed by atoms with van der Waals surface area (Å²) in [5.41, 5.74) is -0.577. The number of nitrogens with one attached hydrogen (secondary N) is 1. The van der Waals surface area contributed by atoms with Gasteiger partial charge in [-0.2, -0.15) is 0 Å². The number of hydrogen-bond donors (Lipinski definition) is 2. The number of halogens is 1. The summed E-state index contributed by atoms with van der Waals surface area (Å²) in [5.74, 6) is -0.749. The number of aliphatic hydroxyl groups is 1. The van der Waals surface area contributed by atoms with E-state index in [-0.39, 0.29) is 17.0 Å². The number of hydrogen-bond acceptors (Lipinski definition) is 5. The normalized spacial score (nSPS) is 20.6. The van der Waals surface area contributed by atoms with Crippen molar-refractivity contribution in [2.75, 3.05) is 0 Å². The van der Waals surface area contributed by atoms with Gasteiger partial charge in [-0.25, -0.2) is 4.39 Å². The van der Waals surface area contributed by atoms with E-state index < -0.39 is 34.4 Å². The summed E-state index contributed by atoms with van der Waals surface area (Å²) >= 11 is 0. The Hall–Kier alpha value is -3.00. The number of aliphatic hydroxyl groups excluding tert-OH is 1. The van der Waals surface area contributed by atoms with Crippen molar-refractivity contribution in [3.8, 4) is 5.75 Å². The average Bonchev–Trinajstić information content (AvgIpc) is 2.58. The van der Waals surface area contributed by atoms with Crippen molar-refractivity contribution < 1.29 is 24.0 Å². The van der Waals surface area contributed by atoms with Crippen LogP contribution in [0.25, 0.3) is 0 Å². The molecule has 1 aliphatic rings. The second kappa shape index (κ2) is 6.38. The van der Waals surface area contributed by atoms with Gasteiger partial charge >= 0.3 is 0 Å². The van der Waals surface area contributed by atoms with Gasteiger partial charge in [-0.3, -0.25) is 14.9 Å². The Labute approximate surface area is 148 Å². The Bertz CT molecular complexity index is 866. The zero-order chi connectivity index (χ0) is 19.1. The number of carbonyl (C=O) groups excluding carboxylic acids is 1. The molecule has 0 aliphatic carbocycles. The van der Waals surface area contributed by atoms with Crippen molar-refractivity contribution in [1.82, 2.24) is 5.32 Å². The Morgan fingerprint density at radius 1 is 1.27 bits per heavy atom. The molecule has 2 N–H and O–H groups in total. The lowest BCUT2D eigenvalue weighted by atomic mass is 9.86. The van der Waals surface area contributed by atoms with Crippen LogP contribution in [0, 0.1) is 15.9 Å². The highest BCUT2D eigenvalue weighted by molar-refractivity contribution is 5.94. The van der Waals surface area contributed by atoms with Crippen LogP contribution < -0.4 is 10.1 Å². The van der Waals surface area contributed by atoms with Gasteiger partial charge in [0.1, 0.15) is 23.3 Å². The second-order valence-electron chi connectivity index (χ2n) is 6.59. The van der Waals surface area contributed by atoms with E-state index in [4.69, 9.17) is 4.74 Å². The van der Waals surface area contributed by atoms with Gasteiger partial charge in [0.05, 0.1) is 17.0 Å². The molecule has 7 nitrogen and oxygen atoms in total. The zero-order valence-corrected chi connectivity index (χ0v) is 14.1. The smallest absolute Gasteiger partial charge is 0.273 e. The molecule has 0 bridgehead atoms. The van der Waals surface area contributed by atoms with Gasteiger partial charge in [0.15, 0.2) is 0 Å². The number of benzene rings is 2. The fraction of sp³-hybridized carbons (Fsp3) is 0.278. The number of rotatable bonds is 3. The molecule has 136 valence electrons. The van der Waals surface area contributed by atoms with Crippen LogP contribution >= 0.6 is 0 Å². The van der Waals surface area contributed by atoms with Crippen LogP contribution in [0.2, 0.25) is 0 Å². The molecule has 0 aromatic heterocycles. The van der Waals surface area contributed by atoms with Crippen LogP contribution in [0.5, 0.6) is 5.75 Å². The summed E-state index contributed by atoms with van der Waals surface area (Å²) in [5, 5.41) is 24.3. The Morgan fingerprint density at radius 3 is 2.54 bits per heavy atom. The fourth-order valence-electron chi connectivity index (χ4n) is 2.88. The van der Waals surface area contributed by atoms with E-state index in [1.165, 1.54) is 30.3 Å². The van der Waals surface area contributed by atoms with Crippen molar-refractivity contribution in [3.63, 3.8) is 0 Å². The first kappa shape index (κ1) is 17.8. The molecule has 0 radical (unpaired) electrons. The van der Waals surface area contributed by atoms with Gasteiger partial charge in [-0.1, -0.05) is 0 Å². The molecular weight excluding hydrogens is 343 g/mol. The summed E-state index contributed by atoms with van der Waals surface area (Å²) in [7, 11) is 0. The lowest BCUT2D eigenvalue weighted by Crippen LogP contribution is -2.53. The van der Waals surface area contributed by atoms with Crippen molar-refractivity contribution >= 4 is 11.6 Å². The predicted octanol–water partition coefficient (Wildman–Crippen LogP) is 2.74. The van der Waals surface area contributed by atoms with Crippen LogP contribution in [0.1, 0.15) is 35.8 Å². The highest BCUT2D eigenvalue weighted by Gasteiger charge is 2.44. The Morgan fingerprint density at radius 2 is 1.92 bits per heavy atom. The standard InChI is InChI=1S/C18H17FN2O5/c1-18(2)16(22)15(20-17(23)10-3-5-11(19)6-4-10)13-8-7-12(21(24)25)9-14(13)26-18/h3-9,15-16,22H,1-2H3,(H,20,23)/t15-,16+/m0/s1. The van der Waals surface area contributed by atoms with Crippen molar-refractivity contribution in [2.45, 2.75) is 31.6 Å². The van der Waals surface area contributed by atoms with Gasteiger partial charge in [0.2, 0.25) is 0 Å². The van der Waals surface area contributed by atoms with E-state index in [0.717, 1.165) is 12.1 Å². The predicted molar refractivity (Wildman–Crippen MR) is 90.4 cm³/mol. The number of ether oxygens (including phenoxy) is 1. The Kier molecular flexibility index (Phi) is 4.37. The van der Waals surface area contributed by atoms with E-state index in [1.54, 1.807) is 13.8 Å². The zero-order valence-electron chi connectivity index (χ0n) is 14.1. The minimum Gasteiger partial charge on any atom is -0.484 e. The molecule has 0 spiro atoms. The number of nitro benzene ring substituents is 1. The van der Waals surface area contributed by atoms with Gasteiger partial charge in [0.25, 0.3) is 11.6 Å². The molecule has 1 amide bonds. The van der Waals surface area contributed by atoms with E-state index in [2.05, 4.69) is 5.32 Å². The maximum Gasteiger partial charge on any atom is 0.273 e. The van der Waals surface area contributed by atoms with Crippen molar-refractivity contribution in [3.05, 3.63) is 69.5 Å². The van der Waals surface area contributed by atoms with Gasteiger partial charge in [-0.15, -0.1) is 0 Å². The first-order valence-electron chi connectivity index (χ1n) is 7.91. The van der Waals surface area contributed by atoms with Gasteiger partial charge < -0.3 is 15.2 Å². The SMILES string of the molecule is CC1(C)Oc2cc([N+](=O)[O-])ccc2[C@H](NC(=O)c2ccc(F)cc2)[C@H]1O. The summed E-state index contributed by atoms with van der Waals surface area (Å²) in [6, 6.07) is 8.14. The fourth-order valence-corrected chi connectivity index (χ4v) is 2.88. The molecule has 8 heteroatoms. The molecule has 3 rings (SSSR count). The maximum atomic E-state index is 13.0. The molecule has 2 aromatic rings. The lowest BCUT2D eigenvalue weighted by Gasteiger charge is -2.42. The summed E-state index contributed by atoms with van der Waals surface area (Å²) < 4.78 is 18.7. The molecule has 0 saturated heterocycles. The topological polar surface area (TPSA) is 102 Å². The third kappa shape index (κ3) is 3.23. The first-order valence-corrected chi connectivity index (χ1v) is 7.91. The summed E-state index contributed by atoms with van der Waals surface area (Å²) in [4.78, 5) is 22.9. The van der Waals surface area contributed by atoms with E-state index >= 15 is 0 Å². The number of amides is 1. The molecule has 1 heterocycles. The summed E-state index contributed by atoms with van der Waals surface area (Å²) in [6.45, 7) is 3.24. The third-order valence-electron chi connectivity index (χ3n) is 4.34. The third-order valence-corrected chi connectivity index (χ3v) is 4.34. The van der Waals surface area contributed by atoms with Gasteiger partial charge in [0, 0.05) is 17.2 Å². The molecule has 1 aliphatic heterocycles. The van der Waals surface area contributed by atoms with Crippen LogP contribution in [0.3, 0.4) is 0 Å². The number of nitro groups is 1. The van der Waals surface area contributed by atoms with E-state index in [0.29, 0.717) is 5.56 Å². The van der Waals surface area contributed by atoms with E-state index in [9.17, 15) is 24.4 Å². The molecule has 0 saturated carbocycles. The first-order chi connectivity index (χ1) is 12.2. The quantitative estimate of drug-likeness (QED) is 0.647. The van der Waals surface area contributed by atoms with Crippen LogP contribution in [-0.4, -0.2) is 27.6 Å². The van der Waals surface area contributed by atoms with Crippen molar-refractivity contribution in [2.24, 2.45) is 0 Å². The van der Waals surface area contributed by atoms with E-state index in [1.807, 2.05) is 0 Å². The monoisotopic (exact) mass is 360 g/mol. The Balaban J connectivity index is 1.96. The van der Waals surface area contributed by atoms with Gasteiger partial charge in [-0.05, 0) is 44.2 Å². The number of fused-ring (bicyclic) bond motifs is 1. The molecule has 2 atom stereocenters. The highest BCUT2D eigenvalue weighted by Crippen LogP contribution is 2.41. The number of non-ortho nitro benzene ring substituents is 1. The second-order valence-corrected chi connectivity index (χ2v) is 6.59. The number of carbonyl (C=O) groups is 1. The molecule has 0 unspecified atom stereocenters. The highest BCUT2D eigenvalue weighted by atomic mass is 19.1. The molecule has 2 aromatic carbocycles. The number of nitrogens with zero attached hydrogens (tertiary/aromatic N) is 1. The van der Waals surface area contributed by atoms with Crippen LogP contribution in [0.4, 0.5) is 10.1 Å². The minimum atomic E-state index is -1.10.